The number of likely N-dealkylation sites (tertiary alicyclic amines) is 2. The standard InChI is InChI=1S/C26H35N7O2/c1-18(34)31-11-7-21(8-12-31)30-25-14-23(28-17-29-25)26(35)33-13-9-24(22(27)16-33)32-10-6-19-4-2-3-5-20(19)15-32/h2-5,14,17,21-22,24H,6-13,15-16,27H2,1H3,(H,28,29,30)/t22-,24-/m1/s1. The van der Waals surface area contributed by atoms with Crippen LogP contribution in [0.2, 0.25) is 0 Å². The van der Waals surface area contributed by atoms with Crippen molar-refractivity contribution in [1.82, 2.24) is 24.7 Å². The Hall–Kier alpha value is -3.04. The van der Waals surface area contributed by atoms with Gasteiger partial charge in [0.05, 0.1) is 0 Å². The Morgan fingerprint density at radius 1 is 1.00 bits per heavy atom. The minimum Gasteiger partial charge on any atom is -0.367 e. The van der Waals surface area contributed by atoms with E-state index in [1.807, 2.05) is 9.80 Å². The van der Waals surface area contributed by atoms with Gasteiger partial charge in [-0.1, -0.05) is 24.3 Å². The molecule has 0 saturated carbocycles. The highest BCUT2D eigenvalue weighted by atomic mass is 16.2. The molecule has 2 amide bonds. The summed E-state index contributed by atoms with van der Waals surface area (Å²) >= 11 is 0. The Morgan fingerprint density at radius 3 is 2.49 bits per heavy atom. The van der Waals surface area contributed by atoms with Crippen LogP contribution in [0.4, 0.5) is 5.82 Å². The van der Waals surface area contributed by atoms with Crippen molar-refractivity contribution in [3.05, 3.63) is 53.5 Å². The molecule has 2 fully saturated rings. The third-order valence-electron chi connectivity index (χ3n) is 7.72. The first-order valence-corrected chi connectivity index (χ1v) is 12.7. The van der Waals surface area contributed by atoms with E-state index in [4.69, 9.17) is 5.73 Å². The van der Waals surface area contributed by atoms with Gasteiger partial charge in [-0.2, -0.15) is 0 Å². The molecule has 3 aliphatic rings. The number of rotatable bonds is 4. The zero-order valence-corrected chi connectivity index (χ0v) is 20.4. The van der Waals surface area contributed by atoms with Crippen LogP contribution >= 0.6 is 0 Å². The molecule has 0 bridgehead atoms. The van der Waals surface area contributed by atoms with Gasteiger partial charge < -0.3 is 20.9 Å². The monoisotopic (exact) mass is 477 g/mol. The molecule has 1 aromatic heterocycles. The normalized spacial score (nSPS) is 23.6. The number of hydrogen-bond acceptors (Lipinski definition) is 7. The van der Waals surface area contributed by atoms with Gasteiger partial charge in [-0.05, 0) is 36.8 Å². The van der Waals surface area contributed by atoms with Crippen LogP contribution in [-0.4, -0.2) is 87.3 Å². The largest absolute Gasteiger partial charge is 0.367 e. The Kier molecular flexibility index (Phi) is 6.97. The van der Waals surface area contributed by atoms with Crippen molar-refractivity contribution in [3.8, 4) is 0 Å². The molecule has 2 aromatic rings. The van der Waals surface area contributed by atoms with Gasteiger partial charge in [0, 0.05) is 70.4 Å². The average Bonchev–Trinajstić information content (AvgIpc) is 2.88. The van der Waals surface area contributed by atoms with Gasteiger partial charge in [0.1, 0.15) is 17.8 Å². The van der Waals surface area contributed by atoms with Gasteiger partial charge in [-0.15, -0.1) is 0 Å². The predicted molar refractivity (Wildman–Crippen MR) is 134 cm³/mol. The second-order valence-electron chi connectivity index (χ2n) is 9.97. The molecular weight excluding hydrogens is 442 g/mol. The van der Waals surface area contributed by atoms with E-state index < -0.39 is 0 Å². The summed E-state index contributed by atoms with van der Waals surface area (Å²) < 4.78 is 0. The number of aromatic nitrogens is 2. The smallest absolute Gasteiger partial charge is 0.272 e. The SMILES string of the molecule is CC(=O)N1CCC(Nc2cc(C(=O)N3CC[C@@H](N4CCc5ccccc5C4)[C@H](N)C3)ncn2)CC1. The van der Waals surface area contributed by atoms with Crippen LogP contribution in [0.15, 0.2) is 36.7 Å². The quantitative estimate of drug-likeness (QED) is 0.687. The van der Waals surface area contributed by atoms with E-state index in [9.17, 15) is 9.59 Å². The summed E-state index contributed by atoms with van der Waals surface area (Å²) in [5.74, 6) is 0.668. The van der Waals surface area contributed by atoms with E-state index in [1.54, 1.807) is 13.0 Å². The number of piperidine rings is 2. The summed E-state index contributed by atoms with van der Waals surface area (Å²) in [5.41, 5.74) is 9.82. The molecule has 1 aromatic carbocycles. The summed E-state index contributed by atoms with van der Waals surface area (Å²) in [6.45, 7) is 6.21. The van der Waals surface area contributed by atoms with Crippen molar-refractivity contribution >= 4 is 17.6 Å². The number of anilines is 1. The lowest BCUT2D eigenvalue weighted by molar-refractivity contribution is -0.129. The molecule has 0 radical (unpaired) electrons. The summed E-state index contributed by atoms with van der Waals surface area (Å²) in [6.07, 6.45) is 5.07. The molecule has 0 unspecified atom stereocenters. The summed E-state index contributed by atoms with van der Waals surface area (Å²) in [7, 11) is 0. The second kappa shape index (κ2) is 10.3. The molecule has 2 saturated heterocycles. The first-order chi connectivity index (χ1) is 17.0. The molecule has 186 valence electrons. The van der Waals surface area contributed by atoms with E-state index in [-0.39, 0.29) is 29.9 Å². The fourth-order valence-corrected chi connectivity index (χ4v) is 5.67. The summed E-state index contributed by atoms with van der Waals surface area (Å²) in [6, 6.07) is 10.8. The molecule has 0 spiro atoms. The van der Waals surface area contributed by atoms with Crippen molar-refractivity contribution in [1.29, 1.82) is 0 Å². The molecular formula is C26H35N7O2. The second-order valence-corrected chi connectivity index (χ2v) is 9.97. The molecule has 9 nitrogen and oxygen atoms in total. The Balaban J connectivity index is 1.17. The van der Waals surface area contributed by atoms with Gasteiger partial charge in [0.2, 0.25) is 5.91 Å². The minimum atomic E-state index is -0.0975. The Bertz CT molecular complexity index is 1070. The Labute approximate surface area is 206 Å². The van der Waals surface area contributed by atoms with E-state index in [0.717, 1.165) is 51.9 Å². The number of carbonyl (C=O) groups is 2. The molecule has 9 heteroatoms. The third kappa shape index (κ3) is 5.31. The van der Waals surface area contributed by atoms with E-state index in [0.29, 0.717) is 24.6 Å². The van der Waals surface area contributed by atoms with E-state index in [2.05, 4.69) is 44.5 Å². The number of nitrogens with zero attached hydrogens (tertiary/aromatic N) is 5. The molecule has 2 atom stereocenters. The van der Waals surface area contributed by atoms with Crippen molar-refractivity contribution in [2.45, 2.75) is 57.3 Å². The molecule has 3 aliphatic heterocycles. The van der Waals surface area contributed by atoms with Gasteiger partial charge >= 0.3 is 0 Å². The maximum absolute atomic E-state index is 13.2. The van der Waals surface area contributed by atoms with Crippen molar-refractivity contribution in [2.75, 3.05) is 38.0 Å². The highest BCUT2D eigenvalue weighted by Crippen LogP contribution is 2.25. The fourth-order valence-electron chi connectivity index (χ4n) is 5.67. The van der Waals surface area contributed by atoms with Crippen molar-refractivity contribution < 1.29 is 9.59 Å². The lowest BCUT2D eigenvalue weighted by Gasteiger charge is -2.44. The maximum Gasteiger partial charge on any atom is 0.272 e. The minimum absolute atomic E-state index is 0.0937. The number of fused-ring (bicyclic) bond motifs is 1. The first-order valence-electron chi connectivity index (χ1n) is 12.7. The van der Waals surface area contributed by atoms with Gasteiger partial charge in [0.25, 0.3) is 5.91 Å². The number of hydrogen-bond donors (Lipinski definition) is 2. The first kappa shape index (κ1) is 23.7. The number of nitrogens with two attached hydrogens (primary N) is 1. The fraction of sp³-hybridized carbons (Fsp3) is 0.538. The van der Waals surface area contributed by atoms with Gasteiger partial charge in [0.15, 0.2) is 0 Å². The van der Waals surface area contributed by atoms with Crippen LogP contribution in [0.3, 0.4) is 0 Å². The zero-order chi connectivity index (χ0) is 24.4. The lowest BCUT2D eigenvalue weighted by Crippen LogP contribution is -2.59. The van der Waals surface area contributed by atoms with Gasteiger partial charge in [-0.3, -0.25) is 14.5 Å². The predicted octanol–water partition coefficient (Wildman–Crippen LogP) is 1.50. The maximum atomic E-state index is 13.2. The summed E-state index contributed by atoms with van der Waals surface area (Å²) in [5, 5.41) is 3.41. The number of carbonyl (C=O) groups excluding carboxylic acids is 2. The lowest BCUT2D eigenvalue weighted by atomic mass is 9.93. The molecule has 3 N–H and O–H groups in total. The third-order valence-corrected chi connectivity index (χ3v) is 7.72. The van der Waals surface area contributed by atoms with Crippen molar-refractivity contribution in [2.24, 2.45) is 5.73 Å². The highest BCUT2D eigenvalue weighted by molar-refractivity contribution is 5.93. The van der Waals surface area contributed by atoms with Crippen LogP contribution in [0.1, 0.15) is 47.8 Å². The van der Waals surface area contributed by atoms with Crippen molar-refractivity contribution in [3.63, 3.8) is 0 Å². The van der Waals surface area contributed by atoms with Crippen LogP contribution in [0.5, 0.6) is 0 Å². The highest BCUT2D eigenvalue weighted by Gasteiger charge is 2.35. The number of amides is 2. The number of benzene rings is 1. The van der Waals surface area contributed by atoms with Crippen LogP contribution in [-0.2, 0) is 17.8 Å². The molecule has 5 rings (SSSR count). The van der Waals surface area contributed by atoms with Gasteiger partial charge in [-0.25, -0.2) is 9.97 Å². The van der Waals surface area contributed by atoms with E-state index in [1.165, 1.54) is 17.5 Å². The zero-order valence-electron chi connectivity index (χ0n) is 20.4. The van der Waals surface area contributed by atoms with Crippen LogP contribution < -0.4 is 11.1 Å². The van der Waals surface area contributed by atoms with E-state index >= 15 is 0 Å². The molecule has 0 aliphatic carbocycles. The summed E-state index contributed by atoms with van der Waals surface area (Å²) in [4.78, 5) is 39.5. The van der Waals surface area contributed by atoms with Crippen LogP contribution in [0, 0.1) is 0 Å². The average molecular weight is 478 g/mol. The Morgan fingerprint density at radius 2 is 1.74 bits per heavy atom. The topological polar surface area (TPSA) is 108 Å². The molecule has 4 heterocycles. The van der Waals surface area contributed by atoms with Crippen LogP contribution in [0.25, 0.3) is 0 Å². The number of nitrogens with one attached hydrogen (secondary N) is 1. The molecule has 35 heavy (non-hydrogen) atoms.